The van der Waals surface area contributed by atoms with Crippen LogP contribution in [0.3, 0.4) is 0 Å². The Morgan fingerprint density at radius 2 is 2.18 bits per heavy atom. The lowest BCUT2D eigenvalue weighted by atomic mass is 10.3. The predicted molar refractivity (Wildman–Crippen MR) is 44.7 cm³/mol. The van der Waals surface area contributed by atoms with Gasteiger partial charge in [0.15, 0.2) is 6.20 Å². The van der Waals surface area contributed by atoms with Crippen molar-refractivity contribution in [2.45, 2.75) is 0 Å². The largest absolute Gasteiger partial charge is 0.426 e. The van der Waals surface area contributed by atoms with Crippen LogP contribution in [0.4, 0.5) is 0 Å². The number of hydrogen-bond donors (Lipinski definition) is 0. The van der Waals surface area contributed by atoms with E-state index in [1.54, 1.807) is 10.2 Å². The van der Waals surface area contributed by atoms with Crippen molar-refractivity contribution in [1.29, 1.82) is 0 Å². The molecule has 0 aliphatic carbocycles. The summed E-state index contributed by atoms with van der Waals surface area (Å²) >= 11 is 5.03. The van der Waals surface area contributed by atoms with Crippen molar-refractivity contribution in [3.05, 3.63) is 36.7 Å². The molecule has 0 unspecified atom stereocenters. The van der Waals surface area contributed by atoms with Crippen LogP contribution in [0.5, 0.6) is 0 Å². The molecule has 0 aliphatic heterocycles. The minimum atomic E-state index is 0.935. The van der Waals surface area contributed by atoms with Gasteiger partial charge in [-0.25, -0.2) is 4.98 Å². The van der Waals surface area contributed by atoms with Crippen LogP contribution < -0.4 is 3.97 Å². The average molecular weight is 162 g/mol. The van der Waals surface area contributed by atoms with E-state index in [1.807, 2.05) is 30.5 Å². The molecule has 0 aromatic carbocycles. The second-order valence-electron chi connectivity index (χ2n) is 2.24. The monoisotopic (exact) mass is 162 g/mol. The van der Waals surface area contributed by atoms with E-state index in [2.05, 4.69) is 4.98 Å². The van der Waals surface area contributed by atoms with Crippen LogP contribution in [-0.2, 0) is 12.8 Å². The Morgan fingerprint density at radius 1 is 1.27 bits per heavy atom. The van der Waals surface area contributed by atoms with Crippen molar-refractivity contribution in [3.63, 3.8) is 0 Å². The minimum Gasteiger partial charge on any atom is -0.426 e. The van der Waals surface area contributed by atoms with E-state index >= 15 is 0 Å². The summed E-state index contributed by atoms with van der Waals surface area (Å²) in [4.78, 5) is 4.15. The molecule has 2 rings (SSSR count). The maximum absolute atomic E-state index is 5.03. The second kappa shape index (κ2) is 2.43. The van der Waals surface area contributed by atoms with Crippen LogP contribution >= 0.6 is 0 Å². The van der Waals surface area contributed by atoms with Gasteiger partial charge in [0, 0.05) is 18.3 Å². The van der Waals surface area contributed by atoms with Crippen molar-refractivity contribution in [3.8, 4) is 0 Å². The highest BCUT2D eigenvalue weighted by Crippen LogP contribution is 2.02. The summed E-state index contributed by atoms with van der Waals surface area (Å²) < 4.78 is 1.64. The first-order valence-electron chi connectivity index (χ1n) is 3.31. The number of hydrogen-bond acceptors (Lipinski definition) is 2. The summed E-state index contributed by atoms with van der Waals surface area (Å²) in [6.07, 6.45) is 3.59. The lowest BCUT2D eigenvalue weighted by Gasteiger charge is -1.99. The van der Waals surface area contributed by atoms with Crippen LogP contribution in [0, 0.1) is 0 Å². The fraction of sp³-hybridized carbons (Fsp3) is 0. The fourth-order valence-corrected chi connectivity index (χ4v) is 1.24. The molecule has 2 aromatic rings. The van der Waals surface area contributed by atoms with Gasteiger partial charge in [0.1, 0.15) is 5.52 Å². The van der Waals surface area contributed by atoms with Crippen LogP contribution in [-0.4, -0.2) is 4.98 Å². The van der Waals surface area contributed by atoms with E-state index in [4.69, 9.17) is 12.8 Å². The molecule has 0 saturated carbocycles. The van der Waals surface area contributed by atoms with E-state index in [9.17, 15) is 0 Å². The van der Waals surface area contributed by atoms with Crippen molar-refractivity contribution >= 4 is 23.8 Å². The summed E-state index contributed by atoms with van der Waals surface area (Å²) in [6, 6.07) is 7.67. The molecule has 0 saturated heterocycles. The number of aromatic nitrogens is 2. The molecule has 0 bridgehead atoms. The van der Waals surface area contributed by atoms with Gasteiger partial charge in [-0.3, -0.25) is 3.97 Å². The maximum Gasteiger partial charge on any atom is 0.216 e. The third-order valence-corrected chi connectivity index (χ3v) is 1.85. The average Bonchev–Trinajstić information content (AvgIpc) is 2.06. The molecule has 0 atom stereocenters. The zero-order chi connectivity index (χ0) is 7.68. The zero-order valence-corrected chi connectivity index (χ0v) is 6.58. The highest BCUT2D eigenvalue weighted by atomic mass is 32.1. The predicted octanol–water partition coefficient (Wildman–Crippen LogP) is 0.832. The molecule has 0 radical (unpaired) electrons. The highest BCUT2D eigenvalue weighted by molar-refractivity contribution is 7.51. The van der Waals surface area contributed by atoms with Gasteiger partial charge in [0.05, 0.1) is 0 Å². The topological polar surface area (TPSA) is 16.8 Å². The normalized spacial score (nSPS) is 10.2. The third kappa shape index (κ3) is 1.03. The van der Waals surface area contributed by atoms with Gasteiger partial charge in [-0.1, -0.05) is 0 Å². The maximum atomic E-state index is 5.03. The Labute approximate surface area is 70.1 Å². The fourth-order valence-electron chi connectivity index (χ4n) is 1.02. The lowest BCUT2D eigenvalue weighted by molar-refractivity contribution is -0.461. The Morgan fingerprint density at radius 3 is 3.00 bits per heavy atom. The van der Waals surface area contributed by atoms with Crippen LogP contribution in [0.15, 0.2) is 36.7 Å². The van der Waals surface area contributed by atoms with E-state index in [0.29, 0.717) is 0 Å². The van der Waals surface area contributed by atoms with Crippen LogP contribution in [0.25, 0.3) is 11.0 Å². The number of rotatable bonds is 0. The molecule has 0 amide bonds. The first-order chi connectivity index (χ1) is 5.38. The Balaban J connectivity index is 2.91. The van der Waals surface area contributed by atoms with Gasteiger partial charge in [-0.2, -0.15) is 0 Å². The lowest BCUT2D eigenvalue weighted by Crippen LogP contribution is -2.26. The van der Waals surface area contributed by atoms with E-state index < -0.39 is 0 Å². The summed E-state index contributed by atoms with van der Waals surface area (Å²) in [7, 11) is 0. The second-order valence-corrected chi connectivity index (χ2v) is 2.64. The third-order valence-electron chi connectivity index (χ3n) is 1.53. The quantitative estimate of drug-likeness (QED) is 0.421. The molecule has 0 N–H and O–H groups in total. The van der Waals surface area contributed by atoms with Crippen molar-refractivity contribution in [2.24, 2.45) is 0 Å². The molecular formula is C8H6N2S. The smallest absolute Gasteiger partial charge is 0.216 e. The molecule has 54 valence electrons. The minimum absolute atomic E-state index is 0.935. The molecule has 3 heteroatoms. The SMILES string of the molecule is [S-][n+]1cccc2ncccc21. The summed E-state index contributed by atoms with van der Waals surface area (Å²) in [5.41, 5.74) is 1.91. The number of fused-ring (bicyclic) bond motifs is 1. The van der Waals surface area contributed by atoms with E-state index in [1.165, 1.54) is 0 Å². The first-order valence-corrected chi connectivity index (χ1v) is 3.67. The molecule has 0 spiro atoms. The zero-order valence-electron chi connectivity index (χ0n) is 5.77. The van der Waals surface area contributed by atoms with Crippen LogP contribution in [0.1, 0.15) is 0 Å². The van der Waals surface area contributed by atoms with E-state index in [0.717, 1.165) is 11.0 Å². The van der Waals surface area contributed by atoms with Gasteiger partial charge >= 0.3 is 0 Å². The molecule has 0 aliphatic rings. The van der Waals surface area contributed by atoms with Crippen molar-refractivity contribution in [1.82, 2.24) is 4.98 Å². The summed E-state index contributed by atoms with van der Waals surface area (Å²) in [6.45, 7) is 0. The highest BCUT2D eigenvalue weighted by Gasteiger charge is 1.97. The van der Waals surface area contributed by atoms with Gasteiger partial charge in [-0.15, -0.1) is 0 Å². The Hall–Kier alpha value is -1.22. The Kier molecular flexibility index (Phi) is 1.43. The molecule has 2 heterocycles. The summed E-state index contributed by atoms with van der Waals surface area (Å²) in [5, 5.41) is 0. The first kappa shape index (κ1) is 6.49. The van der Waals surface area contributed by atoms with Crippen molar-refractivity contribution < 1.29 is 3.97 Å². The van der Waals surface area contributed by atoms with Gasteiger partial charge in [0.25, 0.3) is 0 Å². The van der Waals surface area contributed by atoms with E-state index in [-0.39, 0.29) is 0 Å². The standard InChI is InChI=1S/C8H6N2S/c11-10-6-2-3-7-8(10)4-1-5-9-7/h1-6H. The van der Waals surface area contributed by atoms with Crippen molar-refractivity contribution in [2.75, 3.05) is 0 Å². The molecule has 0 fully saturated rings. The summed E-state index contributed by atoms with van der Waals surface area (Å²) in [5.74, 6) is 0. The van der Waals surface area contributed by atoms with Gasteiger partial charge in [-0.05, 0) is 12.1 Å². The molecular weight excluding hydrogens is 156 g/mol. The number of nitrogens with zero attached hydrogens (tertiary/aromatic N) is 2. The molecule has 2 aromatic heterocycles. The molecule has 2 nitrogen and oxygen atoms in total. The molecule has 11 heavy (non-hydrogen) atoms. The van der Waals surface area contributed by atoms with Crippen LogP contribution in [0.2, 0.25) is 0 Å². The Bertz CT molecular complexity index is 381. The number of pyridine rings is 2. The van der Waals surface area contributed by atoms with Gasteiger partial charge in [0.2, 0.25) is 5.52 Å². The van der Waals surface area contributed by atoms with Gasteiger partial charge < -0.3 is 12.8 Å².